The van der Waals surface area contributed by atoms with Gasteiger partial charge in [-0.3, -0.25) is 9.48 Å². The fraction of sp³-hybridized carbons (Fsp3) is 0.714. The number of halogens is 2. The van der Waals surface area contributed by atoms with E-state index in [4.69, 9.17) is 4.74 Å². The molecule has 0 spiro atoms. The lowest BCUT2D eigenvalue weighted by Gasteiger charge is -2.41. The Morgan fingerprint density at radius 3 is 2.77 bits per heavy atom. The van der Waals surface area contributed by atoms with E-state index in [1.54, 1.807) is 4.68 Å². The molecule has 8 heteroatoms. The van der Waals surface area contributed by atoms with Gasteiger partial charge in [-0.2, -0.15) is 5.10 Å². The first kappa shape index (κ1) is 21.2. The summed E-state index contributed by atoms with van der Waals surface area (Å²) in [5.41, 5.74) is 0.542. The third kappa shape index (κ3) is 4.59. The van der Waals surface area contributed by atoms with Gasteiger partial charge in [-0.15, -0.1) is 24.8 Å². The van der Waals surface area contributed by atoms with Gasteiger partial charge in [0.25, 0.3) is 0 Å². The van der Waals surface area contributed by atoms with Crippen LogP contribution in [0, 0.1) is 5.92 Å². The zero-order chi connectivity index (χ0) is 14.8. The fourth-order valence-corrected chi connectivity index (χ4v) is 2.63. The van der Waals surface area contributed by atoms with Crippen molar-refractivity contribution in [2.24, 2.45) is 13.0 Å². The maximum atomic E-state index is 12.4. The molecule has 2 atom stereocenters. The first-order valence-electron chi connectivity index (χ1n) is 7.03. The number of hydrogen-bond donors (Lipinski definition) is 1. The summed E-state index contributed by atoms with van der Waals surface area (Å²) >= 11 is 0. The monoisotopic (exact) mass is 352 g/mol. The summed E-state index contributed by atoms with van der Waals surface area (Å²) in [6.45, 7) is 6.46. The van der Waals surface area contributed by atoms with Gasteiger partial charge < -0.3 is 15.0 Å². The largest absolute Gasteiger partial charge is 0.367 e. The highest BCUT2D eigenvalue weighted by molar-refractivity contribution is 5.85. The number of nitrogens with one attached hydrogen (secondary N) is 1. The number of nitrogens with zero attached hydrogens (tertiary/aromatic N) is 3. The Morgan fingerprint density at radius 2 is 2.23 bits per heavy atom. The highest BCUT2D eigenvalue weighted by Gasteiger charge is 2.37. The average molecular weight is 353 g/mol. The molecule has 1 aromatic heterocycles. The molecule has 0 saturated carbocycles. The topological polar surface area (TPSA) is 59.4 Å². The Kier molecular flexibility index (Phi) is 8.39. The molecule has 0 bridgehead atoms. The quantitative estimate of drug-likeness (QED) is 0.884. The summed E-state index contributed by atoms with van der Waals surface area (Å²) in [6.07, 6.45) is 3.76. The third-order valence-corrected chi connectivity index (χ3v) is 3.83. The first-order chi connectivity index (χ1) is 9.46. The minimum Gasteiger partial charge on any atom is -0.367 e. The Balaban J connectivity index is 0.00000220. The second kappa shape index (κ2) is 8.72. The van der Waals surface area contributed by atoms with Crippen molar-refractivity contribution in [3.8, 4) is 0 Å². The van der Waals surface area contributed by atoms with Gasteiger partial charge in [0, 0.05) is 37.8 Å². The minimum atomic E-state index is -0.471. The molecule has 2 rings (SSSR count). The van der Waals surface area contributed by atoms with E-state index in [2.05, 4.69) is 10.4 Å². The van der Waals surface area contributed by atoms with Gasteiger partial charge in [-0.25, -0.2) is 0 Å². The Hall–Kier alpha value is -0.820. The van der Waals surface area contributed by atoms with Crippen LogP contribution in [0.25, 0.3) is 0 Å². The van der Waals surface area contributed by atoms with Gasteiger partial charge >= 0.3 is 0 Å². The second-order valence-electron chi connectivity index (χ2n) is 5.70. The lowest BCUT2D eigenvalue weighted by Crippen LogP contribution is -2.52. The van der Waals surface area contributed by atoms with E-state index in [1.165, 1.54) is 0 Å². The summed E-state index contributed by atoms with van der Waals surface area (Å²) < 4.78 is 7.68. The maximum Gasteiger partial charge on any atom is 0.226 e. The van der Waals surface area contributed by atoms with Crippen molar-refractivity contribution in [3.05, 3.63) is 18.0 Å². The van der Waals surface area contributed by atoms with Crippen LogP contribution in [-0.4, -0.2) is 53.9 Å². The second-order valence-corrected chi connectivity index (χ2v) is 5.70. The van der Waals surface area contributed by atoms with Crippen LogP contribution < -0.4 is 5.32 Å². The fourth-order valence-electron chi connectivity index (χ4n) is 2.63. The molecule has 2 heterocycles. The molecule has 22 heavy (non-hydrogen) atoms. The van der Waals surface area contributed by atoms with E-state index in [1.807, 2.05) is 45.2 Å². The van der Waals surface area contributed by atoms with E-state index in [0.29, 0.717) is 26.2 Å². The van der Waals surface area contributed by atoms with Gasteiger partial charge in [-0.1, -0.05) is 6.92 Å². The number of aromatic nitrogens is 2. The molecule has 1 aliphatic rings. The number of ether oxygens (including phenoxy) is 1. The summed E-state index contributed by atoms with van der Waals surface area (Å²) in [4.78, 5) is 14.3. The van der Waals surface area contributed by atoms with E-state index >= 15 is 0 Å². The van der Waals surface area contributed by atoms with E-state index in [0.717, 1.165) is 5.56 Å². The molecule has 0 radical (unpaired) electrons. The van der Waals surface area contributed by atoms with Crippen LogP contribution in [0.15, 0.2) is 12.4 Å². The standard InChI is InChI=1S/C14H24N4O2.2ClH/c1-11(7-15-3)13(19)18-5-6-20-14(2,10-18)12-8-16-17(4)9-12;;/h8-9,11,15H,5-7,10H2,1-4H3;2*1H. The van der Waals surface area contributed by atoms with Gasteiger partial charge in [0.1, 0.15) is 5.60 Å². The predicted molar refractivity (Wildman–Crippen MR) is 90.7 cm³/mol. The molecule has 1 fully saturated rings. The van der Waals surface area contributed by atoms with Crippen LogP contribution in [0.3, 0.4) is 0 Å². The van der Waals surface area contributed by atoms with Crippen LogP contribution in [0.1, 0.15) is 19.4 Å². The molecule has 1 aromatic rings. The SMILES string of the molecule is CNCC(C)C(=O)N1CCOC(C)(c2cnn(C)c2)C1.Cl.Cl. The van der Waals surface area contributed by atoms with Crippen molar-refractivity contribution in [2.75, 3.05) is 33.3 Å². The molecule has 2 unspecified atom stereocenters. The Labute approximate surface area is 144 Å². The molecular formula is C14H26Cl2N4O2. The normalized spacial score (nSPS) is 22.5. The van der Waals surface area contributed by atoms with Crippen LogP contribution in [0.5, 0.6) is 0 Å². The Bertz CT molecular complexity index is 483. The number of morpholine rings is 1. The zero-order valence-electron chi connectivity index (χ0n) is 13.5. The van der Waals surface area contributed by atoms with Crippen molar-refractivity contribution < 1.29 is 9.53 Å². The van der Waals surface area contributed by atoms with E-state index < -0.39 is 5.60 Å². The molecule has 1 N–H and O–H groups in total. The number of rotatable bonds is 4. The zero-order valence-corrected chi connectivity index (χ0v) is 15.2. The smallest absolute Gasteiger partial charge is 0.226 e. The lowest BCUT2D eigenvalue weighted by atomic mass is 9.96. The van der Waals surface area contributed by atoms with Crippen LogP contribution in [-0.2, 0) is 22.2 Å². The van der Waals surface area contributed by atoms with Crippen LogP contribution >= 0.6 is 24.8 Å². The van der Waals surface area contributed by atoms with Gasteiger partial charge in [0.05, 0.1) is 19.3 Å². The minimum absolute atomic E-state index is 0. The molecule has 128 valence electrons. The number of carbonyl (C=O) groups excluding carboxylic acids is 1. The molecule has 0 aromatic carbocycles. The third-order valence-electron chi connectivity index (χ3n) is 3.83. The first-order valence-corrected chi connectivity index (χ1v) is 7.03. The van der Waals surface area contributed by atoms with E-state index in [9.17, 15) is 4.79 Å². The highest BCUT2D eigenvalue weighted by Crippen LogP contribution is 2.29. The summed E-state index contributed by atoms with van der Waals surface area (Å²) in [6, 6.07) is 0. The number of carbonyl (C=O) groups is 1. The maximum absolute atomic E-state index is 12.4. The van der Waals surface area contributed by atoms with Gasteiger partial charge in [-0.05, 0) is 14.0 Å². The van der Waals surface area contributed by atoms with Gasteiger partial charge in [0.15, 0.2) is 0 Å². The molecular weight excluding hydrogens is 327 g/mol. The van der Waals surface area contributed by atoms with Crippen LogP contribution in [0.4, 0.5) is 0 Å². The molecule has 1 aliphatic heterocycles. The van der Waals surface area contributed by atoms with Crippen LogP contribution in [0.2, 0.25) is 0 Å². The number of aryl methyl sites for hydroxylation is 1. The summed E-state index contributed by atoms with van der Waals surface area (Å²) in [5, 5.41) is 7.25. The van der Waals surface area contributed by atoms with Crippen molar-refractivity contribution >= 4 is 30.7 Å². The molecule has 6 nitrogen and oxygen atoms in total. The number of amides is 1. The average Bonchev–Trinajstić information content (AvgIpc) is 2.86. The van der Waals surface area contributed by atoms with E-state index in [-0.39, 0.29) is 36.6 Å². The molecule has 0 aliphatic carbocycles. The summed E-state index contributed by atoms with van der Waals surface area (Å²) in [5.74, 6) is 0.161. The van der Waals surface area contributed by atoms with Crippen molar-refractivity contribution in [2.45, 2.75) is 19.4 Å². The van der Waals surface area contributed by atoms with Gasteiger partial charge in [0.2, 0.25) is 5.91 Å². The molecule has 1 amide bonds. The summed E-state index contributed by atoms with van der Waals surface area (Å²) in [7, 11) is 3.75. The number of hydrogen-bond acceptors (Lipinski definition) is 4. The van der Waals surface area contributed by atoms with Crippen molar-refractivity contribution in [1.82, 2.24) is 20.0 Å². The highest BCUT2D eigenvalue weighted by atomic mass is 35.5. The lowest BCUT2D eigenvalue weighted by molar-refractivity contribution is -0.153. The molecule has 1 saturated heterocycles. The Morgan fingerprint density at radius 1 is 1.55 bits per heavy atom. The predicted octanol–water partition coefficient (Wildman–Crippen LogP) is 1.19. The van der Waals surface area contributed by atoms with Crippen molar-refractivity contribution in [1.29, 1.82) is 0 Å². The van der Waals surface area contributed by atoms with Crippen molar-refractivity contribution in [3.63, 3.8) is 0 Å².